The predicted octanol–water partition coefficient (Wildman–Crippen LogP) is 4.03. The summed E-state index contributed by atoms with van der Waals surface area (Å²) in [5.41, 5.74) is 4.27. The van der Waals surface area contributed by atoms with E-state index in [1.165, 1.54) is 55.5 Å². The van der Waals surface area contributed by atoms with Crippen LogP contribution >= 0.6 is 0 Å². The van der Waals surface area contributed by atoms with E-state index >= 15 is 0 Å². The van der Waals surface area contributed by atoms with E-state index in [2.05, 4.69) is 59.2 Å². The maximum Gasteiger partial charge on any atom is 0.0299 e. The van der Waals surface area contributed by atoms with Crippen LogP contribution in [0.25, 0.3) is 0 Å². The molecule has 0 spiro atoms. The van der Waals surface area contributed by atoms with Gasteiger partial charge >= 0.3 is 0 Å². The molecule has 3 heteroatoms. The smallest absolute Gasteiger partial charge is 0.0299 e. The van der Waals surface area contributed by atoms with Gasteiger partial charge in [0.15, 0.2) is 0 Å². The SMILES string of the molecule is CN(C)CCc1ccc(CN2CCC(CCc3cccnc3)CC2)cc1. The monoisotopic (exact) mass is 351 g/mol. The van der Waals surface area contributed by atoms with Crippen LogP contribution in [0.3, 0.4) is 0 Å². The Morgan fingerprint density at radius 2 is 1.69 bits per heavy atom. The van der Waals surface area contributed by atoms with Crippen LogP contribution < -0.4 is 0 Å². The highest BCUT2D eigenvalue weighted by molar-refractivity contribution is 5.22. The van der Waals surface area contributed by atoms with Crippen LogP contribution in [0.1, 0.15) is 36.0 Å². The number of nitrogens with zero attached hydrogens (tertiary/aromatic N) is 3. The molecule has 0 amide bonds. The molecule has 2 aromatic rings. The van der Waals surface area contributed by atoms with Crippen LogP contribution in [0.2, 0.25) is 0 Å². The fourth-order valence-electron chi connectivity index (χ4n) is 3.77. The van der Waals surface area contributed by atoms with Gasteiger partial charge in [0.2, 0.25) is 0 Å². The second kappa shape index (κ2) is 9.84. The Kier molecular flexibility index (Phi) is 7.22. The van der Waals surface area contributed by atoms with E-state index < -0.39 is 0 Å². The third-order valence-electron chi connectivity index (χ3n) is 5.55. The molecule has 1 aliphatic rings. The molecule has 2 heterocycles. The second-order valence-corrected chi connectivity index (χ2v) is 7.99. The number of likely N-dealkylation sites (N-methyl/N-ethyl adjacent to an activating group) is 1. The molecule has 0 aliphatic carbocycles. The first-order valence-corrected chi connectivity index (χ1v) is 10.0. The molecule has 140 valence electrons. The van der Waals surface area contributed by atoms with Gasteiger partial charge in [-0.1, -0.05) is 30.3 Å². The molecular weight excluding hydrogens is 318 g/mol. The van der Waals surface area contributed by atoms with Gasteiger partial charge in [0, 0.05) is 25.5 Å². The molecule has 0 radical (unpaired) electrons. The lowest BCUT2D eigenvalue weighted by Crippen LogP contribution is -2.33. The van der Waals surface area contributed by atoms with E-state index in [0.717, 1.165) is 25.4 Å². The minimum atomic E-state index is 0.875. The third-order valence-corrected chi connectivity index (χ3v) is 5.55. The summed E-state index contributed by atoms with van der Waals surface area (Å²) >= 11 is 0. The standard InChI is InChI=1S/C23H33N3/c1-25(2)15-11-20-6-9-23(10-7-20)19-26-16-12-21(13-17-26)5-8-22-4-3-14-24-18-22/h3-4,6-7,9-10,14,18,21H,5,8,11-13,15-17,19H2,1-2H3. The van der Waals surface area contributed by atoms with Crippen molar-refractivity contribution in [2.45, 2.75) is 38.6 Å². The summed E-state index contributed by atoms with van der Waals surface area (Å²) in [6.07, 6.45) is 10.2. The largest absolute Gasteiger partial charge is 0.309 e. The topological polar surface area (TPSA) is 19.4 Å². The van der Waals surface area contributed by atoms with Crippen LogP contribution in [-0.4, -0.2) is 48.5 Å². The summed E-state index contributed by atoms with van der Waals surface area (Å²) in [4.78, 5) is 9.09. The summed E-state index contributed by atoms with van der Waals surface area (Å²) < 4.78 is 0. The maximum atomic E-state index is 4.22. The van der Waals surface area contributed by atoms with Crippen molar-refractivity contribution in [2.24, 2.45) is 5.92 Å². The average molecular weight is 352 g/mol. The normalized spacial score (nSPS) is 16.3. The highest BCUT2D eigenvalue weighted by atomic mass is 15.1. The van der Waals surface area contributed by atoms with Crippen molar-refractivity contribution in [3.8, 4) is 0 Å². The van der Waals surface area contributed by atoms with Gasteiger partial charge < -0.3 is 4.90 Å². The van der Waals surface area contributed by atoms with Gasteiger partial charge in [0.05, 0.1) is 0 Å². The quantitative estimate of drug-likeness (QED) is 0.716. The van der Waals surface area contributed by atoms with Gasteiger partial charge in [-0.05, 0) is 88.0 Å². The van der Waals surface area contributed by atoms with E-state index in [-0.39, 0.29) is 0 Å². The fourth-order valence-corrected chi connectivity index (χ4v) is 3.77. The molecule has 0 saturated carbocycles. The number of hydrogen-bond acceptors (Lipinski definition) is 3. The number of aryl methyl sites for hydroxylation is 1. The van der Waals surface area contributed by atoms with Crippen LogP contribution in [-0.2, 0) is 19.4 Å². The number of benzene rings is 1. The minimum absolute atomic E-state index is 0.875. The Labute approximate surface area is 159 Å². The molecular formula is C23H33N3. The number of likely N-dealkylation sites (tertiary alicyclic amines) is 1. The number of piperidine rings is 1. The maximum absolute atomic E-state index is 4.22. The molecule has 1 aliphatic heterocycles. The van der Waals surface area contributed by atoms with Crippen molar-refractivity contribution in [1.82, 2.24) is 14.8 Å². The molecule has 1 aromatic heterocycles. The molecule has 1 fully saturated rings. The second-order valence-electron chi connectivity index (χ2n) is 7.99. The molecule has 1 saturated heterocycles. The van der Waals surface area contributed by atoms with E-state index in [1.54, 1.807) is 0 Å². The van der Waals surface area contributed by atoms with Gasteiger partial charge in [-0.15, -0.1) is 0 Å². The molecule has 1 aromatic carbocycles. The highest BCUT2D eigenvalue weighted by Crippen LogP contribution is 2.23. The molecule has 3 nitrogen and oxygen atoms in total. The fraction of sp³-hybridized carbons (Fsp3) is 0.522. The van der Waals surface area contributed by atoms with Crippen LogP contribution in [0.4, 0.5) is 0 Å². The lowest BCUT2D eigenvalue weighted by molar-refractivity contribution is 0.172. The van der Waals surface area contributed by atoms with Crippen LogP contribution in [0, 0.1) is 5.92 Å². The average Bonchev–Trinajstić information content (AvgIpc) is 2.68. The van der Waals surface area contributed by atoms with Crippen LogP contribution in [0.5, 0.6) is 0 Å². The summed E-state index contributed by atoms with van der Waals surface area (Å²) in [6.45, 7) is 4.69. The summed E-state index contributed by atoms with van der Waals surface area (Å²) in [5.74, 6) is 0.875. The van der Waals surface area contributed by atoms with E-state index in [0.29, 0.717) is 0 Å². The Bertz CT molecular complexity index is 628. The lowest BCUT2D eigenvalue weighted by Gasteiger charge is -2.32. The van der Waals surface area contributed by atoms with Crippen LogP contribution in [0.15, 0.2) is 48.8 Å². The predicted molar refractivity (Wildman–Crippen MR) is 109 cm³/mol. The van der Waals surface area contributed by atoms with Crippen molar-refractivity contribution in [3.05, 3.63) is 65.5 Å². The highest BCUT2D eigenvalue weighted by Gasteiger charge is 2.19. The molecule has 26 heavy (non-hydrogen) atoms. The first-order valence-electron chi connectivity index (χ1n) is 10.0. The summed E-state index contributed by atoms with van der Waals surface area (Å²) in [7, 11) is 4.27. The van der Waals surface area contributed by atoms with Gasteiger partial charge in [0.1, 0.15) is 0 Å². The van der Waals surface area contributed by atoms with Crippen molar-refractivity contribution >= 4 is 0 Å². The van der Waals surface area contributed by atoms with Gasteiger partial charge in [0.25, 0.3) is 0 Å². The van der Waals surface area contributed by atoms with Crippen molar-refractivity contribution < 1.29 is 0 Å². The van der Waals surface area contributed by atoms with Crippen molar-refractivity contribution in [3.63, 3.8) is 0 Å². The molecule has 3 rings (SSSR count). The first kappa shape index (κ1) is 19.1. The number of aromatic nitrogens is 1. The molecule has 0 atom stereocenters. The summed E-state index contributed by atoms with van der Waals surface area (Å²) in [5, 5.41) is 0. The Morgan fingerprint density at radius 3 is 2.35 bits per heavy atom. The molecule has 0 N–H and O–H groups in total. The van der Waals surface area contributed by atoms with Gasteiger partial charge in [-0.3, -0.25) is 9.88 Å². The Hall–Kier alpha value is -1.71. The lowest BCUT2D eigenvalue weighted by atomic mass is 9.90. The zero-order chi connectivity index (χ0) is 18.2. The minimum Gasteiger partial charge on any atom is -0.309 e. The third kappa shape index (κ3) is 6.22. The van der Waals surface area contributed by atoms with E-state index in [9.17, 15) is 0 Å². The number of rotatable bonds is 8. The van der Waals surface area contributed by atoms with Crippen molar-refractivity contribution in [2.75, 3.05) is 33.7 Å². The van der Waals surface area contributed by atoms with Gasteiger partial charge in [-0.25, -0.2) is 0 Å². The molecule has 0 unspecified atom stereocenters. The van der Waals surface area contributed by atoms with E-state index in [4.69, 9.17) is 0 Å². The first-order chi connectivity index (χ1) is 12.7. The zero-order valence-electron chi connectivity index (χ0n) is 16.4. The van der Waals surface area contributed by atoms with Crippen molar-refractivity contribution in [1.29, 1.82) is 0 Å². The Morgan fingerprint density at radius 1 is 0.962 bits per heavy atom. The zero-order valence-corrected chi connectivity index (χ0v) is 16.4. The van der Waals surface area contributed by atoms with E-state index in [1.807, 2.05) is 18.5 Å². The summed E-state index contributed by atoms with van der Waals surface area (Å²) in [6, 6.07) is 13.5. The Balaban J connectivity index is 1.38. The molecule has 0 bridgehead atoms. The number of pyridine rings is 1. The van der Waals surface area contributed by atoms with Gasteiger partial charge in [-0.2, -0.15) is 0 Å². The number of hydrogen-bond donors (Lipinski definition) is 0.